The maximum absolute atomic E-state index is 12.1. The number of carbonyl (C=O) groups is 1. The summed E-state index contributed by atoms with van der Waals surface area (Å²) in [6.45, 7) is 0. The van der Waals surface area contributed by atoms with Gasteiger partial charge in [-0.15, -0.1) is 0 Å². The van der Waals surface area contributed by atoms with E-state index in [1.165, 1.54) is 0 Å². The smallest absolute Gasteiger partial charge is 0.182 e. The molecule has 0 spiro atoms. The van der Waals surface area contributed by atoms with Gasteiger partial charge in [0.1, 0.15) is 5.75 Å². The third-order valence-corrected chi connectivity index (χ3v) is 3.60. The largest absolute Gasteiger partial charge is 0.497 e. The van der Waals surface area contributed by atoms with Gasteiger partial charge in [-0.2, -0.15) is 0 Å². The van der Waals surface area contributed by atoms with Gasteiger partial charge in [-0.05, 0) is 41.0 Å². The molecule has 0 saturated heterocycles. The minimum absolute atomic E-state index is 0.102. The van der Waals surface area contributed by atoms with Crippen LogP contribution in [0.2, 0.25) is 0 Å². The van der Waals surface area contributed by atoms with Crippen molar-refractivity contribution < 1.29 is 9.53 Å². The molecule has 0 aromatic heterocycles. The highest BCUT2D eigenvalue weighted by Gasteiger charge is 2.19. The Morgan fingerprint density at radius 3 is 2.38 bits per heavy atom. The third kappa shape index (κ3) is 2.95. The molecular formula is C19H16O2. The molecule has 104 valence electrons. The van der Waals surface area contributed by atoms with Crippen molar-refractivity contribution in [1.29, 1.82) is 0 Å². The van der Waals surface area contributed by atoms with Crippen molar-refractivity contribution in [3.05, 3.63) is 77.4 Å². The second-order valence-electron chi connectivity index (χ2n) is 5.02. The van der Waals surface area contributed by atoms with Crippen molar-refractivity contribution in [3.8, 4) is 5.75 Å². The van der Waals surface area contributed by atoms with Gasteiger partial charge < -0.3 is 4.74 Å². The molecule has 1 aliphatic rings. The van der Waals surface area contributed by atoms with Crippen LogP contribution in [0.3, 0.4) is 0 Å². The molecule has 1 aliphatic carbocycles. The molecule has 0 bridgehead atoms. The summed E-state index contributed by atoms with van der Waals surface area (Å²) in [6.07, 6.45) is 4.38. The molecule has 2 aromatic carbocycles. The number of carbonyl (C=O) groups excluding carboxylic acids is 1. The Kier molecular flexibility index (Phi) is 3.69. The van der Waals surface area contributed by atoms with Gasteiger partial charge in [-0.25, -0.2) is 0 Å². The van der Waals surface area contributed by atoms with Gasteiger partial charge in [0.25, 0.3) is 0 Å². The highest BCUT2D eigenvalue weighted by Crippen LogP contribution is 2.31. The second kappa shape index (κ2) is 5.80. The van der Waals surface area contributed by atoms with Crippen LogP contribution in [0.4, 0.5) is 0 Å². The highest BCUT2D eigenvalue weighted by atomic mass is 16.5. The number of ether oxygens (including phenoxy) is 1. The first-order valence-corrected chi connectivity index (χ1v) is 6.91. The SMILES string of the molecule is COc1ccc(C2=CC(=O)/C(=C/c3ccccc3)C2)cc1. The summed E-state index contributed by atoms with van der Waals surface area (Å²) >= 11 is 0. The minimum Gasteiger partial charge on any atom is -0.497 e. The molecule has 3 rings (SSSR count). The maximum Gasteiger partial charge on any atom is 0.182 e. The van der Waals surface area contributed by atoms with E-state index in [0.29, 0.717) is 6.42 Å². The number of hydrogen-bond donors (Lipinski definition) is 0. The van der Waals surface area contributed by atoms with Gasteiger partial charge in [0, 0.05) is 12.0 Å². The summed E-state index contributed by atoms with van der Waals surface area (Å²) in [4.78, 5) is 12.1. The Balaban J connectivity index is 1.83. The summed E-state index contributed by atoms with van der Waals surface area (Å²) in [7, 11) is 1.65. The molecule has 0 saturated carbocycles. The van der Waals surface area contributed by atoms with Gasteiger partial charge in [0.05, 0.1) is 7.11 Å². The van der Waals surface area contributed by atoms with Crippen LogP contribution in [0.5, 0.6) is 5.75 Å². The van der Waals surface area contributed by atoms with Crippen LogP contribution in [-0.2, 0) is 4.79 Å². The number of allylic oxidation sites excluding steroid dienone is 3. The van der Waals surface area contributed by atoms with E-state index < -0.39 is 0 Å². The van der Waals surface area contributed by atoms with E-state index in [-0.39, 0.29) is 5.78 Å². The van der Waals surface area contributed by atoms with Crippen molar-refractivity contribution in [2.75, 3.05) is 7.11 Å². The van der Waals surface area contributed by atoms with Crippen molar-refractivity contribution >= 4 is 17.4 Å². The van der Waals surface area contributed by atoms with Crippen LogP contribution >= 0.6 is 0 Å². The fraction of sp³-hybridized carbons (Fsp3) is 0.105. The van der Waals surface area contributed by atoms with E-state index in [9.17, 15) is 4.79 Å². The van der Waals surface area contributed by atoms with E-state index in [1.807, 2.05) is 60.7 Å². The quantitative estimate of drug-likeness (QED) is 0.788. The first kappa shape index (κ1) is 13.4. The topological polar surface area (TPSA) is 26.3 Å². The second-order valence-corrected chi connectivity index (χ2v) is 5.02. The van der Waals surface area contributed by atoms with Crippen LogP contribution in [0.15, 0.2) is 66.2 Å². The number of rotatable bonds is 3. The normalized spacial score (nSPS) is 16.1. The van der Waals surface area contributed by atoms with Crippen LogP contribution < -0.4 is 4.74 Å². The monoisotopic (exact) mass is 276 g/mol. The summed E-state index contributed by atoms with van der Waals surface area (Å²) in [5.41, 5.74) is 4.03. The molecule has 2 aromatic rings. The zero-order chi connectivity index (χ0) is 14.7. The van der Waals surface area contributed by atoms with Crippen molar-refractivity contribution in [1.82, 2.24) is 0 Å². The van der Waals surface area contributed by atoms with Crippen LogP contribution in [0.1, 0.15) is 17.5 Å². The average Bonchev–Trinajstić information content (AvgIpc) is 2.89. The zero-order valence-corrected chi connectivity index (χ0v) is 11.9. The lowest BCUT2D eigenvalue weighted by Crippen LogP contribution is -1.90. The molecule has 21 heavy (non-hydrogen) atoms. The molecule has 0 atom stereocenters. The van der Waals surface area contributed by atoms with Crippen molar-refractivity contribution in [2.24, 2.45) is 0 Å². The molecule has 2 nitrogen and oxygen atoms in total. The molecule has 0 N–H and O–H groups in total. The lowest BCUT2D eigenvalue weighted by Gasteiger charge is -2.04. The number of benzene rings is 2. The first-order valence-electron chi connectivity index (χ1n) is 6.91. The third-order valence-electron chi connectivity index (χ3n) is 3.60. The standard InChI is InChI=1S/C19H16O2/c1-21-18-9-7-15(8-10-18)16-12-17(19(20)13-16)11-14-5-3-2-4-6-14/h2-11,13H,12H2,1H3/b17-11+. The summed E-state index contributed by atoms with van der Waals surface area (Å²) < 4.78 is 5.16. The number of methoxy groups -OCH3 is 1. The Bertz CT molecular complexity index is 707. The maximum atomic E-state index is 12.1. The predicted molar refractivity (Wildman–Crippen MR) is 85.0 cm³/mol. The molecular weight excluding hydrogens is 260 g/mol. The van der Waals surface area contributed by atoms with Gasteiger partial charge in [-0.3, -0.25) is 4.79 Å². The summed E-state index contributed by atoms with van der Waals surface area (Å²) in [6, 6.07) is 17.7. The lowest BCUT2D eigenvalue weighted by molar-refractivity contribution is -0.110. The number of hydrogen-bond acceptors (Lipinski definition) is 2. The summed E-state index contributed by atoms with van der Waals surface area (Å²) in [5, 5.41) is 0. The first-order chi connectivity index (χ1) is 10.3. The van der Waals surface area contributed by atoms with Crippen molar-refractivity contribution in [3.63, 3.8) is 0 Å². The Morgan fingerprint density at radius 1 is 1.00 bits per heavy atom. The Hall–Kier alpha value is -2.61. The molecule has 0 radical (unpaired) electrons. The molecule has 2 heteroatoms. The molecule has 0 amide bonds. The average molecular weight is 276 g/mol. The van der Waals surface area contributed by atoms with Gasteiger partial charge in [0.2, 0.25) is 0 Å². The molecule has 0 fully saturated rings. The Morgan fingerprint density at radius 2 is 1.71 bits per heavy atom. The zero-order valence-electron chi connectivity index (χ0n) is 11.9. The lowest BCUT2D eigenvalue weighted by atomic mass is 10.0. The molecule has 0 aliphatic heterocycles. The van der Waals surface area contributed by atoms with E-state index in [2.05, 4.69) is 0 Å². The van der Waals surface area contributed by atoms with Gasteiger partial charge in [-0.1, -0.05) is 42.5 Å². The highest BCUT2D eigenvalue weighted by molar-refractivity contribution is 6.16. The van der Waals surface area contributed by atoms with E-state index in [1.54, 1.807) is 13.2 Å². The van der Waals surface area contributed by atoms with Gasteiger partial charge >= 0.3 is 0 Å². The minimum atomic E-state index is 0.102. The Labute approximate surface area is 124 Å². The van der Waals surface area contributed by atoms with Crippen LogP contribution in [0.25, 0.3) is 11.6 Å². The van der Waals surface area contributed by atoms with E-state index >= 15 is 0 Å². The fourth-order valence-corrected chi connectivity index (χ4v) is 2.46. The van der Waals surface area contributed by atoms with Crippen LogP contribution in [0, 0.1) is 0 Å². The van der Waals surface area contributed by atoms with Crippen molar-refractivity contribution in [2.45, 2.75) is 6.42 Å². The number of ketones is 1. The van der Waals surface area contributed by atoms with Gasteiger partial charge in [0.15, 0.2) is 5.78 Å². The van der Waals surface area contributed by atoms with E-state index in [4.69, 9.17) is 4.74 Å². The predicted octanol–water partition coefficient (Wildman–Crippen LogP) is 4.14. The molecule has 0 heterocycles. The fourth-order valence-electron chi connectivity index (χ4n) is 2.46. The van der Waals surface area contributed by atoms with Crippen LogP contribution in [-0.4, -0.2) is 12.9 Å². The van der Waals surface area contributed by atoms with E-state index in [0.717, 1.165) is 28.0 Å². The molecule has 0 unspecified atom stereocenters. The summed E-state index contributed by atoms with van der Waals surface area (Å²) in [5.74, 6) is 0.924.